The molecule has 3 aromatic rings. The second-order valence-electron chi connectivity index (χ2n) is 7.51. The van der Waals surface area contributed by atoms with Crippen molar-refractivity contribution in [3.05, 3.63) is 71.3 Å². The summed E-state index contributed by atoms with van der Waals surface area (Å²) in [4.78, 5) is 13.0. The van der Waals surface area contributed by atoms with Gasteiger partial charge >= 0.3 is 0 Å². The fourth-order valence-corrected chi connectivity index (χ4v) is 4.28. The minimum absolute atomic E-state index is 0.118. The van der Waals surface area contributed by atoms with Crippen LogP contribution in [0.3, 0.4) is 0 Å². The van der Waals surface area contributed by atoms with Crippen LogP contribution in [0.25, 0.3) is 10.8 Å². The van der Waals surface area contributed by atoms with Crippen molar-refractivity contribution in [3.8, 4) is 5.75 Å². The lowest BCUT2D eigenvalue weighted by atomic mass is 10.0. The van der Waals surface area contributed by atoms with E-state index in [4.69, 9.17) is 9.47 Å². The van der Waals surface area contributed by atoms with E-state index in [1.807, 2.05) is 24.3 Å². The Morgan fingerprint density at radius 1 is 1.04 bits per heavy atom. The van der Waals surface area contributed by atoms with Gasteiger partial charge < -0.3 is 14.8 Å². The molecule has 1 atom stereocenters. The molecule has 28 heavy (non-hydrogen) atoms. The first-order valence-electron chi connectivity index (χ1n) is 9.98. The maximum absolute atomic E-state index is 13.0. The van der Waals surface area contributed by atoms with E-state index in [9.17, 15) is 4.79 Å². The molecule has 1 heterocycles. The van der Waals surface area contributed by atoms with Crippen LogP contribution < -0.4 is 10.1 Å². The Morgan fingerprint density at radius 3 is 2.75 bits per heavy atom. The van der Waals surface area contributed by atoms with Crippen molar-refractivity contribution in [2.45, 2.75) is 31.8 Å². The van der Waals surface area contributed by atoms with Crippen LogP contribution in [0.15, 0.2) is 54.6 Å². The molecule has 5 rings (SSSR count). The number of rotatable bonds is 5. The van der Waals surface area contributed by atoms with Crippen molar-refractivity contribution in [2.24, 2.45) is 0 Å². The Kier molecular flexibility index (Phi) is 4.49. The lowest BCUT2D eigenvalue weighted by Crippen LogP contribution is -2.19. The largest absolute Gasteiger partial charge is 0.490 e. The molecule has 1 amide bonds. The molecule has 1 N–H and O–H groups in total. The zero-order chi connectivity index (χ0) is 18.9. The summed E-state index contributed by atoms with van der Waals surface area (Å²) in [6.07, 6.45) is 4.34. The van der Waals surface area contributed by atoms with Gasteiger partial charge in [-0.2, -0.15) is 0 Å². The van der Waals surface area contributed by atoms with E-state index in [1.54, 1.807) is 6.07 Å². The van der Waals surface area contributed by atoms with Gasteiger partial charge in [0.1, 0.15) is 12.4 Å². The molecule has 0 bridgehead atoms. The van der Waals surface area contributed by atoms with Gasteiger partial charge in [-0.25, -0.2) is 0 Å². The number of carbonyl (C=O) groups is 1. The van der Waals surface area contributed by atoms with Gasteiger partial charge in [-0.3, -0.25) is 4.79 Å². The van der Waals surface area contributed by atoms with E-state index in [0.717, 1.165) is 43.4 Å². The number of anilines is 1. The van der Waals surface area contributed by atoms with Crippen LogP contribution in [0.4, 0.5) is 5.69 Å². The van der Waals surface area contributed by atoms with Gasteiger partial charge in [0.2, 0.25) is 0 Å². The molecule has 0 aromatic heterocycles. The third kappa shape index (κ3) is 3.14. The molecule has 0 saturated carbocycles. The summed E-state index contributed by atoms with van der Waals surface area (Å²) in [7, 11) is 0. The highest BCUT2D eigenvalue weighted by molar-refractivity contribution is 6.11. The normalized spacial score (nSPS) is 17.8. The topological polar surface area (TPSA) is 47.6 Å². The molecule has 4 nitrogen and oxygen atoms in total. The lowest BCUT2D eigenvalue weighted by molar-refractivity contribution is 0.0673. The first-order valence-corrected chi connectivity index (χ1v) is 9.98. The Balaban J connectivity index is 1.40. The second kappa shape index (κ2) is 7.28. The molecular weight excluding hydrogens is 350 g/mol. The molecule has 1 aliphatic carbocycles. The van der Waals surface area contributed by atoms with Gasteiger partial charge in [0.15, 0.2) is 0 Å². The number of aryl methyl sites for hydroxylation is 2. The molecule has 1 aliphatic heterocycles. The lowest BCUT2D eigenvalue weighted by Gasteiger charge is -2.15. The van der Waals surface area contributed by atoms with Crippen molar-refractivity contribution >= 4 is 22.4 Å². The number of hydrogen-bond donors (Lipinski definition) is 1. The number of benzene rings is 3. The van der Waals surface area contributed by atoms with E-state index < -0.39 is 0 Å². The van der Waals surface area contributed by atoms with Crippen molar-refractivity contribution in [3.63, 3.8) is 0 Å². The highest BCUT2D eigenvalue weighted by atomic mass is 16.5. The summed E-state index contributed by atoms with van der Waals surface area (Å²) in [5.74, 6) is 0.447. The Bertz CT molecular complexity index is 1030. The number of nitrogens with one attached hydrogen (secondary N) is 1. The molecule has 1 unspecified atom stereocenters. The number of carbonyl (C=O) groups excluding carboxylic acids is 1. The first-order chi connectivity index (χ1) is 13.8. The van der Waals surface area contributed by atoms with Crippen molar-refractivity contribution < 1.29 is 14.3 Å². The van der Waals surface area contributed by atoms with Gasteiger partial charge in [-0.1, -0.05) is 36.4 Å². The highest BCUT2D eigenvalue weighted by Crippen LogP contribution is 2.35. The summed E-state index contributed by atoms with van der Waals surface area (Å²) in [6.45, 7) is 1.27. The van der Waals surface area contributed by atoms with E-state index in [0.29, 0.717) is 17.9 Å². The number of amides is 1. The summed E-state index contributed by atoms with van der Waals surface area (Å²) in [5, 5.41) is 5.51. The highest BCUT2D eigenvalue weighted by Gasteiger charge is 2.20. The van der Waals surface area contributed by atoms with E-state index >= 15 is 0 Å². The maximum atomic E-state index is 13.0. The molecule has 3 aromatic carbocycles. The quantitative estimate of drug-likeness (QED) is 0.702. The first kappa shape index (κ1) is 17.3. The minimum Gasteiger partial charge on any atom is -0.490 e. The Hall–Kier alpha value is -2.85. The third-order valence-electron chi connectivity index (χ3n) is 5.71. The van der Waals surface area contributed by atoms with Crippen molar-refractivity contribution in [2.75, 3.05) is 18.5 Å². The zero-order valence-electron chi connectivity index (χ0n) is 15.7. The SMILES string of the molecule is O=C(Nc1ccc2c3c(cccc13)CC2)c1ccccc1OCC1CCCO1. The van der Waals surface area contributed by atoms with E-state index in [1.165, 1.54) is 16.5 Å². The molecule has 142 valence electrons. The summed E-state index contributed by atoms with van der Waals surface area (Å²) < 4.78 is 11.6. The molecule has 2 aliphatic rings. The second-order valence-corrected chi connectivity index (χ2v) is 7.51. The monoisotopic (exact) mass is 373 g/mol. The molecular formula is C24H23NO3. The average molecular weight is 373 g/mol. The number of hydrogen-bond acceptors (Lipinski definition) is 3. The molecule has 4 heteroatoms. The Morgan fingerprint density at radius 2 is 1.89 bits per heavy atom. The fraction of sp³-hybridized carbons (Fsp3) is 0.292. The van der Waals surface area contributed by atoms with Crippen LogP contribution in [0.2, 0.25) is 0 Å². The Labute approximate surface area is 164 Å². The molecule has 1 fully saturated rings. The van der Waals surface area contributed by atoms with Crippen LogP contribution in [-0.2, 0) is 17.6 Å². The van der Waals surface area contributed by atoms with E-state index in [-0.39, 0.29) is 12.0 Å². The predicted molar refractivity (Wildman–Crippen MR) is 110 cm³/mol. The van der Waals surface area contributed by atoms with Gasteiger partial charge in [0, 0.05) is 17.7 Å². The van der Waals surface area contributed by atoms with Gasteiger partial charge in [-0.05, 0) is 60.4 Å². The summed E-state index contributed by atoms with van der Waals surface area (Å²) in [5.41, 5.74) is 4.12. The van der Waals surface area contributed by atoms with E-state index in [2.05, 4.69) is 29.6 Å². The zero-order valence-corrected chi connectivity index (χ0v) is 15.7. The molecule has 1 saturated heterocycles. The van der Waals surface area contributed by atoms with Gasteiger partial charge in [0.05, 0.1) is 11.7 Å². The predicted octanol–water partition coefficient (Wildman–Crippen LogP) is 4.75. The fourth-order valence-electron chi connectivity index (χ4n) is 4.28. The minimum atomic E-state index is -0.151. The standard InChI is InChI=1S/C24H23NO3/c26-24(20-7-1-2-9-22(20)28-15-18-6-4-14-27-18)25-21-13-12-17-11-10-16-5-3-8-19(21)23(16)17/h1-3,5,7-9,12-13,18H,4,6,10-11,14-15H2,(H,25,26). The maximum Gasteiger partial charge on any atom is 0.259 e. The van der Waals surface area contributed by atoms with Crippen LogP contribution in [0, 0.1) is 0 Å². The van der Waals surface area contributed by atoms with Crippen molar-refractivity contribution in [1.82, 2.24) is 0 Å². The van der Waals surface area contributed by atoms with Crippen LogP contribution >= 0.6 is 0 Å². The third-order valence-corrected chi connectivity index (χ3v) is 5.71. The number of ether oxygens (including phenoxy) is 2. The summed E-state index contributed by atoms with van der Waals surface area (Å²) in [6, 6.07) is 17.9. The molecule has 0 spiro atoms. The number of para-hydroxylation sites is 1. The van der Waals surface area contributed by atoms with Crippen LogP contribution in [0.1, 0.15) is 34.3 Å². The smallest absolute Gasteiger partial charge is 0.259 e. The van der Waals surface area contributed by atoms with Crippen LogP contribution in [-0.4, -0.2) is 25.2 Å². The summed E-state index contributed by atoms with van der Waals surface area (Å²) >= 11 is 0. The molecule has 0 radical (unpaired) electrons. The van der Waals surface area contributed by atoms with Gasteiger partial charge in [0.25, 0.3) is 5.91 Å². The average Bonchev–Trinajstić information content (AvgIpc) is 3.40. The van der Waals surface area contributed by atoms with Gasteiger partial charge in [-0.15, -0.1) is 0 Å². The van der Waals surface area contributed by atoms with Crippen molar-refractivity contribution in [1.29, 1.82) is 0 Å². The van der Waals surface area contributed by atoms with Crippen LogP contribution in [0.5, 0.6) is 5.75 Å².